The number of aromatic amines is 2. The zero-order valence-electron chi connectivity index (χ0n) is 35.2. The molecule has 0 aliphatic carbocycles. The average molecular weight is 826 g/mol. The molecule has 0 radical (unpaired) electrons. The first-order chi connectivity index (χ1) is 28.2. The average Bonchev–Trinajstić information content (AvgIpc) is 4.07. The fourth-order valence-electron chi connectivity index (χ4n) is 7.84. The van der Waals surface area contributed by atoms with Gasteiger partial charge in [-0.1, -0.05) is 71.0 Å². The zero-order valence-corrected chi connectivity index (χ0v) is 36.0. The third-order valence-corrected chi connectivity index (χ3v) is 12.1. The van der Waals surface area contributed by atoms with E-state index in [0.717, 1.165) is 63.1 Å². The maximum Gasteiger partial charge on any atom is 0.407 e. The Balaban J connectivity index is 1.21. The third-order valence-electron chi connectivity index (χ3n) is 11.3. The van der Waals surface area contributed by atoms with Gasteiger partial charge in [0.1, 0.15) is 23.7 Å². The van der Waals surface area contributed by atoms with Crippen molar-refractivity contribution < 1.29 is 28.7 Å². The number of nitrogens with zero attached hydrogens (tertiary/aromatic N) is 5. The van der Waals surface area contributed by atoms with Gasteiger partial charge in [-0.05, 0) is 56.1 Å². The van der Waals surface area contributed by atoms with E-state index in [1.807, 2.05) is 77.2 Å². The molecule has 0 spiro atoms. The molecule has 3 aromatic heterocycles. The second kappa shape index (κ2) is 18.0. The normalized spacial score (nSPS) is 16.9. The summed E-state index contributed by atoms with van der Waals surface area (Å²) in [4.78, 5) is 76.5. The summed E-state index contributed by atoms with van der Waals surface area (Å²) in [6.07, 6.45) is 4.58. The van der Waals surface area contributed by atoms with Crippen LogP contribution in [0.5, 0.6) is 0 Å². The summed E-state index contributed by atoms with van der Waals surface area (Å²) in [6, 6.07) is 10.5. The number of hydrogen-bond donors (Lipinski definition) is 4. The topological polar surface area (TPSA) is 188 Å². The Morgan fingerprint density at radius 1 is 0.847 bits per heavy atom. The van der Waals surface area contributed by atoms with Crippen LogP contribution in [0.4, 0.5) is 9.59 Å². The van der Waals surface area contributed by atoms with E-state index < -0.39 is 29.8 Å². The number of ether oxygens (including phenoxy) is 2. The predicted octanol–water partition coefficient (Wildman–Crippen LogP) is 7.64. The maximum absolute atomic E-state index is 13.9. The quantitative estimate of drug-likeness (QED) is 0.0873. The molecule has 4 heterocycles. The Kier molecular flexibility index (Phi) is 13.1. The van der Waals surface area contributed by atoms with Gasteiger partial charge < -0.3 is 39.9 Å². The smallest absolute Gasteiger partial charge is 0.407 e. The van der Waals surface area contributed by atoms with Gasteiger partial charge in [0, 0.05) is 24.2 Å². The largest absolute Gasteiger partial charge is 0.453 e. The lowest BCUT2D eigenvalue weighted by Crippen LogP contribution is -2.55. The number of likely N-dealkylation sites (tertiary alicyclic amines) is 1. The van der Waals surface area contributed by atoms with Crippen LogP contribution in [-0.4, -0.2) is 98.1 Å². The molecule has 16 heteroatoms. The van der Waals surface area contributed by atoms with Gasteiger partial charge in [0.15, 0.2) is 0 Å². The summed E-state index contributed by atoms with van der Waals surface area (Å²) in [7, 11) is 2.57. The number of H-pyrrole nitrogens is 2. The molecule has 5 aromatic rings. The minimum Gasteiger partial charge on any atom is -0.453 e. The molecular formula is C43H55N9O6S. The number of benzene rings is 2. The van der Waals surface area contributed by atoms with Crippen LogP contribution in [0.1, 0.15) is 85.4 Å². The van der Waals surface area contributed by atoms with Gasteiger partial charge in [0.05, 0.1) is 65.3 Å². The maximum atomic E-state index is 13.9. The standard InChI is InChI=1S/C43H55N9O6S/c1-10-19-51(38(53)33(24(2)3)49-41(55)57-8)26(6)37-44-21-31(47-37)28-14-12-27(13-15-28)29-16-17-30(36-35(29)46-23-59-36)32-22-45-40(48-32)43(7)18-11-20-52(43)39(54)34(25(4)5)50-42(56)58-9/h12-17,21-26,33-34H,10-11,18-20H2,1-9H3,(H,44,47)(H,45,48)(H,49,55)(H,50,56). The summed E-state index contributed by atoms with van der Waals surface area (Å²) in [6.45, 7) is 14.6. The van der Waals surface area contributed by atoms with Crippen molar-refractivity contribution in [1.29, 1.82) is 0 Å². The van der Waals surface area contributed by atoms with Crippen LogP contribution < -0.4 is 10.6 Å². The highest BCUT2D eigenvalue weighted by atomic mass is 32.1. The summed E-state index contributed by atoms with van der Waals surface area (Å²) in [5, 5.41) is 5.41. The summed E-state index contributed by atoms with van der Waals surface area (Å²) < 4.78 is 10.6. The lowest BCUT2D eigenvalue weighted by Gasteiger charge is -2.37. The fourth-order valence-corrected chi connectivity index (χ4v) is 8.69. The minimum absolute atomic E-state index is 0.136. The van der Waals surface area contributed by atoms with Crippen LogP contribution >= 0.6 is 11.3 Å². The Hall–Kier alpha value is -5.77. The minimum atomic E-state index is -0.737. The fraction of sp³-hybridized carbons (Fsp3) is 0.465. The molecule has 4 N–H and O–H groups in total. The molecule has 4 unspecified atom stereocenters. The highest BCUT2D eigenvalue weighted by Crippen LogP contribution is 2.41. The van der Waals surface area contributed by atoms with E-state index >= 15 is 0 Å². The number of rotatable bonds is 14. The van der Waals surface area contributed by atoms with E-state index in [9.17, 15) is 19.2 Å². The molecule has 6 rings (SSSR count). The van der Waals surface area contributed by atoms with E-state index in [1.165, 1.54) is 14.2 Å². The molecule has 2 aromatic carbocycles. The summed E-state index contributed by atoms with van der Waals surface area (Å²) in [5.41, 5.74) is 7.55. The number of amides is 4. The SMILES string of the molecule is CCCN(C(=O)C(NC(=O)OC)C(C)C)C(C)c1ncc(-c2ccc(-c3ccc(-c4cnc(C5(C)CCCN5C(=O)C(NC(=O)OC)C(C)C)[nH]4)c4scnc34)cc2)[nH]1. The number of aromatic nitrogens is 5. The molecule has 4 atom stereocenters. The summed E-state index contributed by atoms with van der Waals surface area (Å²) >= 11 is 1.56. The number of thiazole rings is 1. The molecular weight excluding hydrogens is 771 g/mol. The van der Waals surface area contributed by atoms with Crippen molar-refractivity contribution in [2.75, 3.05) is 27.3 Å². The van der Waals surface area contributed by atoms with Crippen LogP contribution in [0.15, 0.2) is 54.3 Å². The second-order valence-corrected chi connectivity index (χ2v) is 16.7. The number of fused-ring (bicyclic) bond motifs is 1. The van der Waals surface area contributed by atoms with E-state index in [2.05, 4.69) is 49.9 Å². The number of carbonyl (C=O) groups is 4. The molecule has 0 saturated carbocycles. The molecule has 314 valence electrons. The van der Waals surface area contributed by atoms with Gasteiger partial charge in [-0.2, -0.15) is 0 Å². The van der Waals surface area contributed by atoms with Crippen molar-refractivity contribution in [2.45, 2.75) is 91.4 Å². The molecule has 1 saturated heterocycles. The van der Waals surface area contributed by atoms with E-state index in [-0.39, 0.29) is 29.7 Å². The van der Waals surface area contributed by atoms with Crippen molar-refractivity contribution in [3.05, 3.63) is 66.0 Å². The number of methoxy groups -OCH3 is 2. The molecule has 59 heavy (non-hydrogen) atoms. The number of imidazole rings is 2. The Bertz CT molecular complexity index is 2280. The molecule has 15 nitrogen and oxygen atoms in total. The van der Waals surface area contributed by atoms with Crippen molar-refractivity contribution >= 4 is 45.6 Å². The van der Waals surface area contributed by atoms with E-state index in [0.29, 0.717) is 24.7 Å². The van der Waals surface area contributed by atoms with E-state index in [1.54, 1.807) is 22.4 Å². The van der Waals surface area contributed by atoms with Crippen molar-refractivity contribution in [3.8, 4) is 33.6 Å². The first-order valence-corrected chi connectivity index (χ1v) is 21.0. The number of nitrogens with one attached hydrogen (secondary N) is 4. The van der Waals surface area contributed by atoms with Gasteiger partial charge in [0.25, 0.3) is 0 Å². The van der Waals surface area contributed by atoms with Crippen LogP contribution in [0, 0.1) is 11.8 Å². The van der Waals surface area contributed by atoms with Gasteiger partial charge in [0.2, 0.25) is 11.8 Å². The van der Waals surface area contributed by atoms with Crippen LogP contribution in [0.25, 0.3) is 43.9 Å². The van der Waals surface area contributed by atoms with Crippen molar-refractivity contribution in [1.82, 2.24) is 45.4 Å². The zero-order chi connectivity index (χ0) is 42.6. The van der Waals surface area contributed by atoms with Crippen LogP contribution in [0.3, 0.4) is 0 Å². The predicted molar refractivity (Wildman–Crippen MR) is 227 cm³/mol. The first kappa shape index (κ1) is 42.8. The van der Waals surface area contributed by atoms with Gasteiger partial charge in [-0.15, -0.1) is 11.3 Å². The summed E-state index contributed by atoms with van der Waals surface area (Å²) in [5.74, 6) is 0.697. The Labute approximate surface area is 348 Å². The highest BCUT2D eigenvalue weighted by molar-refractivity contribution is 7.17. The molecule has 1 aliphatic rings. The molecule has 0 bridgehead atoms. The Morgan fingerprint density at radius 2 is 1.47 bits per heavy atom. The lowest BCUT2D eigenvalue weighted by molar-refractivity contribution is -0.139. The van der Waals surface area contributed by atoms with E-state index in [4.69, 9.17) is 19.4 Å². The van der Waals surface area contributed by atoms with Crippen molar-refractivity contribution in [2.24, 2.45) is 11.8 Å². The van der Waals surface area contributed by atoms with Crippen LogP contribution in [-0.2, 0) is 24.6 Å². The van der Waals surface area contributed by atoms with Gasteiger partial charge >= 0.3 is 12.2 Å². The molecule has 1 aliphatic heterocycles. The monoisotopic (exact) mass is 825 g/mol. The van der Waals surface area contributed by atoms with Gasteiger partial charge in [-0.3, -0.25) is 9.59 Å². The Morgan fingerprint density at radius 3 is 2.12 bits per heavy atom. The molecule has 4 amide bonds. The third kappa shape index (κ3) is 8.68. The number of hydrogen-bond acceptors (Lipinski definition) is 10. The van der Waals surface area contributed by atoms with Crippen LogP contribution in [0.2, 0.25) is 0 Å². The lowest BCUT2D eigenvalue weighted by atomic mass is 9.95. The second-order valence-electron chi connectivity index (χ2n) is 15.9. The number of alkyl carbamates (subject to hydrolysis) is 2. The van der Waals surface area contributed by atoms with Gasteiger partial charge in [-0.25, -0.2) is 24.5 Å². The first-order valence-electron chi connectivity index (χ1n) is 20.1. The van der Waals surface area contributed by atoms with Crippen molar-refractivity contribution in [3.63, 3.8) is 0 Å². The highest BCUT2D eigenvalue weighted by Gasteiger charge is 2.46. The molecule has 1 fully saturated rings. The number of carbonyl (C=O) groups excluding carboxylic acids is 4.